The Morgan fingerprint density at radius 1 is 0.504 bits per heavy atom. The maximum Gasteiger partial charge on any atom is 0.335 e. The normalized spacial score (nSPS) is 48.4. The highest BCUT2D eigenvalue weighted by atomic mass is 16.8. The monoisotopic (exact) mass is 1860 g/mol. The molecule has 21 N–H and O–H groups in total. The number of aliphatic hydroxyl groups excluding tert-OH is 20. The quantitative estimate of drug-likeness (QED) is 0.00999. The number of fused-ring (bicyclic) bond motifs is 7. The van der Waals surface area contributed by atoms with Gasteiger partial charge in [0, 0.05) is 12.8 Å². The van der Waals surface area contributed by atoms with Gasteiger partial charge < -0.3 is 188 Å². The van der Waals surface area contributed by atoms with Crippen molar-refractivity contribution < 1.29 is 207 Å². The van der Waals surface area contributed by atoms with E-state index in [1.54, 1.807) is 20.8 Å². The fourth-order valence-corrected chi connectivity index (χ4v) is 22.9. The summed E-state index contributed by atoms with van der Waals surface area (Å²) >= 11 is 0. The number of rotatable bonds is 32. The van der Waals surface area contributed by atoms with E-state index >= 15 is 4.79 Å². The van der Waals surface area contributed by atoms with Crippen molar-refractivity contribution in [3.8, 4) is 0 Å². The Balaban J connectivity index is 0.785. The number of esters is 3. The molecule has 11 fully saturated rings. The molecule has 4 saturated carbocycles. The summed E-state index contributed by atoms with van der Waals surface area (Å²) < 4.78 is 96.6. The van der Waals surface area contributed by atoms with Crippen LogP contribution in [0.5, 0.6) is 0 Å². The van der Waals surface area contributed by atoms with Crippen LogP contribution in [0.2, 0.25) is 0 Å². The van der Waals surface area contributed by atoms with E-state index in [9.17, 15) is 126 Å². The molecule has 12 rings (SSSR count). The third kappa shape index (κ3) is 20.2. The van der Waals surface area contributed by atoms with E-state index in [1.165, 1.54) is 13.8 Å². The zero-order valence-corrected chi connectivity index (χ0v) is 74.9. The average Bonchev–Trinajstić information content (AvgIpc) is 0.970. The summed E-state index contributed by atoms with van der Waals surface area (Å²) in [6.45, 7) is 19.4. The predicted octanol–water partition coefficient (Wildman–Crippen LogP) is -4.15. The Morgan fingerprint density at radius 3 is 1.62 bits per heavy atom. The second-order valence-corrected chi connectivity index (χ2v) is 40.1. The fraction of sp³-hybridized carbons (Fsp3) is 0.920. The average molecular weight is 1860 g/mol. The highest BCUT2D eigenvalue weighted by molar-refractivity contribution is 5.80. The number of ether oxygens (including phenoxy) is 16. The number of aliphatic hydroxyl groups is 20. The predicted molar refractivity (Wildman–Crippen MR) is 431 cm³/mol. The molecule has 0 aromatic rings. The van der Waals surface area contributed by atoms with Gasteiger partial charge in [-0.05, 0) is 123 Å². The molecule has 0 bridgehead atoms. The number of aliphatic carboxylic acids is 1. The van der Waals surface area contributed by atoms with Gasteiger partial charge in [-0.3, -0.25) is 14.4 Å². The second-order valence-electron chi connectivity index (χ2n) is 40.1. The van der Waals surface area contributed by atoms with Gasteiger partial charge in [0.15, 0.2) is 56.1 Å². The van der Waals surface area contributed by atoms with Crippen molar-refractivity contribution in [3.63, 3.8) is 0 Å². The molecule has 0 amide bonds. The number of hydrogen-bond donors (Lipinski definition) is 21. The van der Waals surface area contributed by atoms with Gasteiger partial charge in [-0.1, -0.05) is 93.7 Å². The maximum atomic E-state index is 16.2. The van der Waals surface area contributed by atoms with Crippen LogP contribution >= 0.6 is 0 Å². The van der Waals surface area contributed by atoms with Gasteiger partial charge in [0.2, 0.25) is 6.29 Å². The fourth-order valence-electron chi connectivity index (χ4n) is 22.9. The van der Waals surface area contributed by atoms with Crippen molar-refractivity contribution in [2.45, 2.75) is 413 Å². The third-order valence-corrected chi connectivity index (χ3v) is 31.4. The zero-order valence-electron chi connectivity index (χ0n) is 74.9. The molecule has 740 valence electrons. The minimum absolute atomic E-state index is 0.0335. The van der Waals surface area contributed by atoms with Gasteiger partial charge >= 0.3 is 23.9 Å². The lowest BCUT2D eigenvalue weighted by atomic mass is 9.33. The largest absolute Gasteiger partial charge is 0.479 e. The molecule has 0 spiro atoms. The molecule has 7 aliphatic heterocycles. The zero-order chi connectivity index (χ0) is 94.9. The summed E-state index contributed by atoms with van der Waals surface area (Å²) in [6, 6.07) is 0. The molecular weight excluding hydrogens is 1720 g/mol. The number of carboxylic acid groups (broad SMARTS) is 1. The van der Waals surface area contributed by atoms with E-state index in [0.717, 1.165) is 11.9 Å². The van der Waals surface area contributed by atoms with E-state index in [-0.39, 0.29) is 43.9 Å². The minimum Gasteiger partial charge on any atom is -0.479 e. The molecule has 7 heterocycles. The van der Waals surface area contributed by atoms with Gasteiger partial charge in [0.25, 0.3) is 0 Å². The minimum atomic E-state index is -2.25. The summed E-state index contributed by atoms with van der Waals surface area (Å²) in [5.74, 6) is -7.05. The van der Waals surface area contributed by atoms with Crippen LogP contribution in [-0.2, 0) is 99.8 Å². The molecule has 7 saturated heterocycles. The molecule has 129 heavy (non-hydrogen) atoms. The number of carboxylic acids is 1. The van der Waals surface area contributed by atoms with Crippen LogP contribution in [0.4, 0.5) is 0 Å². The highest BCUT2D eigenvalue weighted by Crippen LogP contribution is 2.76. The molecule has 12 aliphatic rings. The first-order valence-corrected chi connectivity index (χ1v) is 45.4. The Kier molecular flexibility index (Phi) is 33.3. The van der Waals surface area contributed by atoms with Crippen molar-refractivity contribution in [2.75, 3.05) is 26.4 Å². The van der Waals surface area contributed by atoms with Crippen LogP contribution < -0.4 is 0 Å². The van der Waals surface area contributed by atoms with E-state index in [0.29, 0.717) is 51.4 Å². The Hall–Kier alpha value is -4.03. The number of aldehydes is 1. The highest BCUT2D eigenvalue weighted by Gasteiger charge is 2.73. The summed E-state index contributed by atoms with van der Waals surface area (Å²) in [6.07, 6.45) is -61.3. The summed E-state index contributed by atoms with van der Waals surface area (Å²) in [5, 5.41) is 233. The van der Waals surface area contributed by atoms with Gasteiger partial charge in [0.05, 0.1) is 87.4 Å². The molecule has 42 nitrogen and oxygen atoms in total. The molecule has 16 unspecified atom stereocenters. The molecule has 0 aromatic carbocycles. The van der Waals surface area contributed by atoms with Crippen LogP contribution in [0.1, 0.15) is 179 Å². The standard InChI is InChI=1S/C87H140O42/c1-13-34(3)44(118-52(96)25-39(92)24-45(35(4)14-2)119-77-62(106)57(101)47(30-89)120-77)23-38(91)26-53(97)123-68-37(6)117-79(71(65(68)109)127-76-64(108)59(103)67(36(5)116-76)124-74-60(104)54(98)42(93)31-114-74)129-81(113)87-22-21-82(7,8)27-41(87)40-15-16-49-83(9)19-18-51(84(10,33-90)48(83)17-20-85(49,11)86(40,12)28-50(87)95)122-80-72(128-78-63(107)58(102)56(100)46(29-88)121-78)69(66(110)70(126-80)73(111)112)125-75-61(105)55(99)43(94)32-115-75/h15,33-39,41-51,54-72,74-80,88-89,91-95,98-110H,13-14,16-32H2,1-12H3,(H,111,112)/t34-,35-,36?,37?,38-,39-,41?,42?,43+,44-,45-,46?,47-,48?,49?,50+,51-,54-,55-,56-,57?,58-,59+,60-,61?,62?,63?,64?,65?,66+,67-,68+,69-,70?,71+,72?,74?,75-,76-,77+,78-,79-,80+,83-,84-,85+,86+,87+/m0/s1. The number of carbonyl (C=O) groups excluding carboxylic acids is 4. The van der Waals surface area contributed by atoms with Crippen molar-refractivity contribution in [3.05, 3.63) is 11.6 Å². The van der Waals surface area contributed by atoms with Gasteiger partial charge in [0.1, 0.15) is 140 Å². The van der Waals surface area contributed by atoms with Crippen LogP contribution in [0.15, 0.2) is 11.6 Å². The van der Waals surface area contributed by atoms with Crippen LogP contribution in [0, 0.1) is 62.1 Å². The Bertz CT molecular complexity index is 3790. The molecule has 5 aliphatic carbocycles. The maximum absolute atomic E-state index is 16.2. The van der Waals surface area contributed by atoms with Gasteiger partial charge in [-0.2, -0.15) is 0 Å². The summed E-state index contributed by atoms with van der Waals surface area (Å²) in [7, 11) is 0. The van der Waals surface area contributed by atoms with Crippen LogP contribution in [0.3, 0.4) is 0 Å². The molecule has 42 heteroatoms. The van der Waals surface area contributed by atoms with E-state index in [2.05, 4.69) is 26.8 Å². The lowest BCUT2D eigenvalue weighted by molar-refractivity contribution is -0.391. The second kappa shape index (κ2) is 41.3. The Labute approximate surface area is 747 Å². The first-order valence-electron chi connectivity index (χ1n) is 45.4. The number of hydrogen-bond acceptors (Lipinski definition) is 41. The topological polar surface area (TPSA) is 658 Å². The number of allylic oxidation sites excluding steroid dienone is 2. The van der Waals surface area contributed by atoms with Gasteiger partial charge in [-0.15, -0.1) is 0 Å². The first-order chi connectivity index (χ1) is 60.5. The molecule has 0 aromatic heterocycles. The van der Waals surface area contributed by atoms with E-state index in [4.69, 9.17) is 75.8 Å². The number of carbonyl (C=O) groups is 5. The lowest BCUT2D eigenvalue weighted by Gasteiger charge is -2.71. The summed E-state index contributed by atoms with van der Waals surface area (Å²) in [5.41, 5.74) is -5.35. The van der Waals surface area contributed by atoms with E-state index in [1.807, 2.05) is 27.7 Å². The third-order valence-electron chi connectivity index (χ3n) is 31.4. The lowest BCUT2D eigenvalue weighted by Crippen LogP contribution is -2.69. The van der Waals surface area contributed by atoms with Crippen molar-refractivity contribution >= 4 is 30.2 Å². The molecular formula is C87H140O42. The van der Waals surface area contributed by atoms with Crippen LogP contribution in [-0.4, -0.2) is 397 Å². The van der Waals surface area contributed by atoms with E-state index < -0.39 is 347 Å². The smallest absolute Gasteiger partial charge is 0.335 e. The van der Waals surface area contributed by atoms with Crippen LogP contribution in [0.25, 0.3) is 0 Å². The van der Waals surface area contributed by atoms with Crippen molar-refractivity contribution in [2.24, 2.45) is 62.1 Å². The summed E-state index contributed by atoms with van der Waals surface area (Å²) in [4.78, 5) is 71.7. The Morgan fingerprint density at radius 2 is 1.02 bits per heavy atom. The first kappa shape index (κ1) is 104. The molecule has 48 atom stereocenters. The SMILES string of the molecule is CC[C@H](C)[C@H](C[C@H](O)CC(=O)O[C@@H]1C(C)O[C@@H](OC(=O)[C@]23CCC(C)(C)CC2C2=CCC4[C@@]5(C)CC[C@H](O[C@@H]6OC(C(=O)O)[C@H](O)[C@H](O[C@@H]7OC[C@@H](O)[C@H](O)C7O)C6O[C@@H]6OC(CO)[C@H](O)[C@H](O)C6O)[C@@](C)(C=O)C5CC[C@@]4(C)[C@]2(C)C[C@H]3O)[C@H](O[C@@H]2OC(C)[C@H](OC3OCC(O)[C@H](O)[C@@H]3O)[C@H](O)C2O)C1O)OC(=O)C[C@@H](O)C[C@H](O[C@@H]1O[C@@H](CO)C(O)C1O)[C@@H](C)CC. The van der Waals surface area contributed by atoms with Gasteiger partial charge in [-0.25, -0.2) is 4.79 Å². The van der Waals surface area contributed by atoms with Crippen molar-refractivity contribution in [1.29, 1.82) is 0 Å². The molecule has 0 radical (unpaired) electrons. The van der Waals surface area contributed by atoms with Crippen molar-refractivity contribution in [1.82, 2.24) is 0 Å².